The standard InChI is InChI=1S/C11H24O6S2/c1-3-10-18(12,13)16-8-6-5-7-9-17-19(14,15)11-4-2/h3-11H2,1-2H3. The fourth-order valence-corrected chi connectivity index (χ4v) is 3.35. The first-order chi connectivity index (χ1) is 8.83. The van der Waals surface area contributed by atoms with Gasteiger partial charge in [-0.3, -0.25) is 8.37 Å². The molecule has 0 bridgehead atoms. The Bertz CT molecular complexity index is 372. The third-order valence-electron chi connectivity index (χ3n) is 2.22. The van der Waals surface area contributed by atoms with Crippen LogP contribution in [-0.4, -0.2) is 41.6 Å². The Balaban J connectivity index is 3.57. The van der Waals surface area contributed by atoms with Crippen molar-refractivity contribution < 1.29 is 25.2 Å². The van der Waals surface area contributed by atoms with E-state index < -0.39 is 20.2 Å². The van der Waals surface area contributed by atoms with Crippen molar-refractivity contribution in [3.05, 3.63) is 0 Å². The maximum atomic E-state index is 11.2. The number of unbranched alkanes of at least 4 members (excludes halogenated alkanes) is 2. The van der Waals surface area contributed by atoms with Crippen molar-refractivity contribution >= 4 is 20.2 Å². The summed E-state index contributed by atoms with van der Waals surface area (Å²) in [4.78, 5) is 0. The molecule has 0 amide bonds. The van der Waals surface area contributed by atoms with E-state index in [-0.39, 0.29) is 24.7 Å². The van der Waals surface area contributed by atoms with Gasteiger partial charge in [0.1, 0.15) is 0 Å². The van der Waals surface area contributed by atoms with Gasteiger partial charge in [0.15, 0.2) is 0 Å². The van der Waals surface area contributed by atoms with Crippen molar-refractivity contribution in [3.8, 4) is 0 Å². The summed E-state index contributed by atoms with van der Waals surface area (Å²) in [5, 5.41) is 0. The van der Waals surface area contributed by atoms with Crippen molar-refractivity contribution in [2.75, 3.05) is 24.7 Å². The minimum atomic E-state index is -3.38. The average molecular weight is 316 g/mol. The lowest BCUT2D eigenvalue weighted by molar-refractivity contribution is 0.283. The second-order valence-corrected chi connectivity index (χ2v) is 7.75. The fourth-order valence-electron chi connectivity index (χ4n) is 1.37. The Morgan fingerprint density at radius 3 is 1.37 bits per heavy atom. The van der Waals surface area contributed by atoms with E-state index in [0.29, 0.717) is 32.1 Å². The zero-order chi connectivity index (χ0) is 14.8. The summed E-state index contributed by atoms with van der Waals surface area (Å²) in [6.07, 6.45) is 2.88. The van der Waals surface area contributed by atoms with Crippen molar-refractivity contribution in [3.63, 3.8) is 0 Å². The maximum absolute atomic E-state index is 11.2. The van der Waals surface area contributed by atoms with Gasteiger partial charge in [0.05, 0.1) is 24.7 Å². The molecule has 0 aliphatic carbocycles. The SMILES string of the molecule is CCCS(=O)(=O)OCCCCCOS(=O)(=O)CCC. The average Bonchev–Trinajstić information content (AvgIpc) is 2.27. The van der Waals surface area contributed by atoms with Gasteiger partial charge in [-0.2, -0.15) is 16.8 Å². The van der Waals surface area contributed by atoms with Gasteiger partial charge in [0, 0.05) is 0 Å². The van der Waals surface area contributed by atoms with E-state index >= 15 is 0 Å². The highest BCUT2D eigenvalue weighted by molar-refractivity contribution is 7.86. The number of hydrogen-bond acceptors (Lipinski definition) is 6. The van der Waals surface area contributed by atoms with Gasteiger partial charge in [0.2, 0.25) is 0 Å². The third-order valence-corrected chi connectivity index (χ3v) is 5.09. The summed E-state index contributed by atoms with van der Waals surface area (Å²) in [5.41, 5.74) is 0. The van der Waals surface area contributed by atoms with Gasteiger partial charge in [-0.15, -0.1) is 0 Å². The predicted octanol–water partition coefficient (Wildman–Crippen LogP) is 1.67. The Kier molecular flexibility index (Phi) is 9.59. The highest BCUT2D eigenvalue weighted by Gasteiger charge is 2.10. The van der Waals surface area contributed by atoms with E-state index in [1.165, 1.54) is 0 Å². The lowest BCUT2D eigenvalue weighted by Crippen LogP contribution is -2.12. The molecule has 0 N–H and O–H groups in total. The van der Waals surface area contributed by atoms with Crippen molar-refractivity contribution in [1.29, 1.82) is 0 Å². The number of rotatable bonds is 12. The zero-order valence-corrected chi connectivity index (χ0v) is 13.3. The molecule has 0 aromatic heterocycles. The Morgan fingerprint density at radius 1 is 0.684 bits per heavy atom. The van der Waals surface area contributed by atoms with Gasteiger partial charge in [-0.1, -0.05) is 13.8 Å². The van der Waals surface area contributed by atoms with Gasteiger partial charge < -0.3 is 0 Å². The lowest BCUT2D eigenvalue weighted by atomic mass is 10.2. The van der Waals surface area contributed by atoms with Crippen LogP contribution >= 0.6 is 0 Å². The minimum Gasteiger partial charge on any atom is -0.270 e. The molecule has 0 heterocycles. The fraction of sp³-hybridized carbons (Fsp3) is 1.00. The van der Waals surface area contributed by atoms with Crippen molar-refractivity contribution in [1.82, 2.24) is 0 Å². The first kappa shape index (κ1) is 18.8. The van der Waals surface area contributed by atoms with E-state index in [0.717, 1.165) is 0 Å². The summed E-state index contributed by atoms with van der Waals surface area (Å²) < 4.78 is 54.3. The summed E-state index contributed by atoms with van der Waals surface area (Å²) >= 11 is 0. The molecule has 0 radical (unpaired) electrons. The first-order valence-corrected chi connectivity index (χ1v) is 9.72. The molecule has 0 spiro atoms. The molecular weight excluding hydrogens is 292 g/mol. The largest absolute Gasteiger partial charge is 0.270 e. The molecule has 0 aromatic rings. The van der Waals surface area contributed by atoms with Crippen LogP contribution in [0.25, 0.3) is 0 Å². The molecule has 116 valence electrons. The highest BCUT2D eigenvalue weighted by Crippen LogP contribution is 2.03. The Morgan fingerprint density at radius 2 is 1.05 bits per heavy atom. The number of hydrogen-bond donors (Lipinski definition) is 0. The van der Waals surface area contributed by atoms with Crippen LogP contribution in [0.15, 0.2) is 0 Å². The Labute approximate surface area is 116 Å². The molecule has 0 aliphatic rings. The van der Waals surface area contributed by atoms with Crippen LogP contribution in [0.2, 0.25) is 0 Å². The van der Waals surface area contributed by atoms with Crippen molar-refractivity contribution in [2.24, 2.45) is 0 Å². The third kappa shape index (κ3) is 11.4. The van der Waals surface area contributed by atoms with E-state index in [4.69, 9.17) is 8.37 Å². The quantitative estimate of drug-likeness (QED) is 0.402. The van der Waals surface area contributed by atoms with Crippen LogP contribution in [0.3, 0.4) is 0 Å². The lowest BCUT2D eigenvalue weighted by Gasteiger charge is -2.05. The molecule has 8 heteroatoms. The second kappa shape index (κ2) is 9.68. The zero-order valence-electron chi connectivity index (χ0n) is 11.6. The molecular formula is C11H24O6S2. The van der Waals surface area contributed by atoms with Gasteiger partial charge in [0.25, 0.3) is 20.2 Å². The van der Waals surface area contributed by atoms with Gasteiger partial charge in [-0.25, -0.2) is 0 Å². The van der Waals surface area contributed by atoms with E-state index in [2.05, 4.69) is 0 Å². The summed E-state index contributed by atoms with van der Waals surface area (Å²) in [7, 11) is -6.76. The molecule has 0 saturated carbocycles. The van der Waals surface area contributed by atoms with Crippen LogP contribution in [0.4, 0.5) is 0 Å². The smallest absolute Gasteiger partial charge is 0.267 e. The van der Waals surface area contributed by atoms with Gasteiger partial charge in [-0.05, 0) is 32.1 Å². The molecule has 6 nitrogen and oxygen atoms in total. The summed E-state index contributed by atoms with van der Waals surface area (Å²) in [5.74, 6) is 0.0662. The first-order valence-electron chi connectivity index (χ1n) is 6.57. The van der Waals surface area contributed by atoms with Crippen LogP contribution in [-0.2, 0) is 28.6 Å². The van der Waals surface area contributed by atoms with E-state index in [1.54, 1.807) is 13.8 Å². The molecule has 19 heavy (non-hydrogen) atoms. The van der Waals surface area contributed by atoms with Crippen LogP contribution in [0.1, 0.15) is 46.0 Å². The summed E-state index contributed by atoms with van der Waals surface area (Å²) in [6.45, 7) is 3.83. The van der Waals surface area contributed by atoms with Crippen LogP contribution in [0.5, 0.6) is 0 Å². The molecule has 0 aliphatic heterocycles. The minimum absolute atomic E-state index is 0.0331. The topological polar surface area (TPSA) is 86.7 Å². The van der Waals surface area contributed by atoms with Gasteiger partial charge >= 0.3 is 0 Å². The van der Waals surface area contributed by atoms with Crippen molar-refractivity contribution in [2.45, 2.75) is 46.0 Å². The predicted molar refractivity (Wildman–Crippen MR) is 73.9 cm³/mol. The molecule has 0 atom stereocenters. The molecule has 0 saturated heterocycles. The summed E-state index contributed by atoms with van der Waals surface area (Å²) in [6, 6.07) is 0. The molecule has 0 fully saturated rings. The molecule has 0 unspecified atom stereocenters. The van der Waals surface area contributed by atoms with Crippen LogP contribution < -0.4 is 0 Å². The Hall–Kier alpha value is -0.180. The molecule has 0 aromatic carbocycles. The monoisotopic (exact) mass is 316 g/mol. The van der Waals surface area contributed by atoms with E-state index in [1.807, 2.05) is 0 Å². The normalized spacial score (nSPS) is 12.7. The van der Waals surface area contributed by atoms with Crippen LogP contribution in [0, 0.1) is 0 Å². The maximum Gasteiger partial charge on any atom is 0.267 e. The second-order valence-electron chi connectivity index (χ2n) is 4.23. The molecule has 0 rings (SSSR count). The van der Waals surface area contributed by atoms with E-state index in [9.17, 15) is 16.8 Å². The highest BCUT2D eigenvalue weighted by atomic mass is 32.2.